The second-order valence-electron chi connectivity index (χ2n) is 8.42. The minimum absolute atomic E-state index is 0.0476. The third kappa shape index (κ3) is 4.92. The average Bonchev–Trinajstić information content (AvgIpc) is 2.60. The Kier molecular flexibility index (Phi) is 6.04. The van der Waals surface area contributed by atoms with E-state index in [0.29, 0.717) is 0 Å². The number of benzene rings is 1. The average molecular weight is 402 g/mol. The van der Waals surface area contributed by atoms with Gasteiger partial charge >= 0.3 is 5.97 Å². The zero-order valence-electron chi connectivity index (χ0n) is 17.4. The third-order valence-electron chi connectivity index (χ3n) is 4.22. The van der Waals surface area contributed by atoms with E-state index < -0.39 is 40.4 Å². The van der Waals surface area contributed by atoms with Gasteiger partial charge in [-0.25, -0.2) is 0 Å². The van der Waals surface area contributed by atoms with Crippen molar-refractivity contribution in [2.75, 3.05) is 7.11 Å². The summed E-state index contributed by atoms with van der Waals surface area (Å²) in [6.45, 7) is 8.09. The third-order valence-corrected chi connectivity index (χ3v) is 4.22. The molecule has 2 rings (SSSR count). The Morgan fingerprint density at radius 2 is 1.62 bits per heavy atom. The zero-order chi connectivity index (χ0) is 22.1. The molecular weight excluding hydrogens is 376 g/mol. The molecule has 2 N–H and O–H groups in total. The molecule has 0 aliphatic heterocycles. The molecule has 1 aromatic carbocycles. The number of carbonyl (C=O) groups is 3. The highest BCUT2D eigenvalue weighted by molar-refractivity contribution is 6.24. The molecule has 0 saturated carbocycles. The van der Waals surface area contributed by atoms with Crippen molar-refractivity contribution in [3.8, 4) is 11.5 Å². The van der Waals surface area contributed by atoms with Gasteiger partial charge in [-0.15, -0.1) is 0 Å². The number of carbonyl (C=O) groups excluding carboxylic acids is 3. The van der Waals surface area contributed by atoms with E-state index in [-0.39, 0.29) is 22.4 Å². The van der Waals surface area contributed by atoms with Gasteiger partial charge in [0, 0.05) is 5.56 Å². The number of phenols is 1. The number of ether oxygens (including phenoxy) is 2. The van der Waals surface area contributed by atoms with Crippen LogP contribution in [0.5, 0.6) is 11.5 Å². The fourth-order valence-electron chi connectivity index (χ4n) is 2.67. The van der Waals surface area contributed by atoms with Crippen molar-refractivity contribution in [1.29, 1.82) is 0 Å². The quantitative estimate of drug-likeness (QED) is 0.574. The molecule has 0 amide bonds. The maximum absolute atomic E-state index is 12.5. The van der Waals surface area contributed by atoms with Gasteiger partial charge in [-0.1, -0.05) is 6.08 Å². The topological polar surface area (TPSA) is 110 Å². The number of fused-ring (bicyclic) bond motifs is 1. The lowest BCUT2D eigenvalue weighted by atomic mass is 9.89. The first-order valence-corrected chi connectivity index (χ1v) is 9.09. The summed E-state index contributed by atoms with van der Waals surface area (Å²) in [4.78, 5) is 37.1. The first kappa shape index (κ1) is 22.4. The van der Waals surface area contributed by atoms with Gasteiger partial charge < -0.3 is 19.7 Å². The molecule has 0 radical (unpaired) electrons. The summed E-state index contributed by atoms with van der Waals surface area (Å²) in [6.07, 6.45) is 3.87. The summed E-state index contributed by atoms with van der Waals surface area (Å²) in [5.74, 6) is -2.00. The first-order valence-electron chi connectivity index (χ1n) is 9.09. The Balaban J connectivity index is 2.69. The lowest BCUT2D eigenvalue weighted by molar-refractivity contribution is -0.156. The standard InChI is InChI=1S/C22H26O7/c1-21(2,3)20(26)29-15(9-10-22(4,5)27)12-11-16(28-6)17-13(23)7-8-14(24)18(17)19(12)25/h7-11,15,25,27H,1-6H3/b10-9+. The van der Waals surface area contributed by atoms with Crippen molar-refractivity contribution < 1.29 is 34.1 Å². The summed E-state index contributed by atoms with van der Waals surface area (Å²) >= 11 is 0. The van der Waals surface area contributed by atoms with Crippen LogP contribution in [0.1, 0.15) is 67.0 Å². The van der Waals surface area contributed by atoms with Gasteiger partial charge in [0.15, 0.2) is 11.6 Å². The minimum Gasteiger partial charge on any atom is -0.507 e. The molecule has 7 nitrogen and oxygen atoms in total. The highest BCUT2D eigenvalue weighted by atomic mass is 16.5. The van der Waals surface area contributed by atoms with Gasteiger partial charge in [0.05, 0.1) is 29.3 Å². The molecular formula is C22H26O7. The van der Waals surface area contributed by atoms with Crippen molar-refractivity contribution in [2.24, 2.45) is 5.41 Å². The second-order valence-corrected chi connectivity index (χ2v) is 8.42. The predicted octanol–water partition coefficient (Wildman–Crippen LogP) is 3.29. The normalized spacial score (nSPS) is 15.4. The smallest absolute Gasteiger partial charge is 0.312 e. The van der Waals surface area contributed by atoms with Crippen LogP contribution in [0.3, 0.4) is 0 Å². The Bertz CT molecular complexity index is 909. The van der Waals surface area contributed by atoms with Crippen molar-refractivity contribution >= 4 is 17.5 Å². The lowest BCUT2D eigenvalue weighted by Crippen LogP contribution is -2.25. The van der Waals surface area contributed by atoms with E-state index in [0.717, 1.165) is 12.2 Å². The van der Waals surface area contributed by atoms with Gasteiger partial charge in [-0.3, -0.25) is 14.4 Å². The summed E-state index contributed by atoms with van der Waals surface area (Å²) in [6, 6.07) is 1.35. The molecule has 1 aliphatic carbocycles. The van der Waals surface area contributed by atoms with Crippen LogP contribution in [-0.4, -0.2) is 40.5 Å². The maximum atomic E-state index is 12.5. The van der Waals surface area contributed by atoms with Crippen LogP contribution in [-0.2, 0) is 9.53 Å². The molecule has 1 aromatic rings. The molecule has 1 atom stereocenters. The number of ketones is 2. The van der Waals surface area contributed by atoms with E-state index in [2.05, 4.69) is 0 Å². The zero-order valence-corrected chi connectivity index (χ0v) is 17.4. The summed E-state index contributed by atoms with van der Waals surface area (Å²) in [7, 11) is 1.33. The molecule has 7 heteroatoms. The molecule has 1 aliphatic rings. The monoisotopic (exact) mass is 402 g/mol. The van der Waals surface area contributed by atoms with E-state index >= 15 is 0 Å². The minimum atomic E-state index is -1.21. The van der Waals surface area contributed by atoms with Gasteiger partial charge in [0.2, 0.25) is 0 Å². The number of hydrogen-bond acceptors (Lipinski definition) is 7. The van der Waals surface area contributed by atoms with Crippen LogP contribution in [0, 0.1) is 5.41 Å². The summed E-state index contributed by atoms with van der Waals surface area (Å²) < 4.78 is 10.8. The van der Waals surface area contributed by atoms with Crippen LogP contribution in [0.4, 0.5) is 0 Å². The first-order chi connectivity index (χ1) is 13.3. The van der Waals surface area contributed by atoms with E-state index in [9.17, 15) is 24.6 Å². The van der Waals surface area contributed by atoms with E-state index in [1.165, 1.54) is 39.2 Å². The van der Waals surface area contributed by atoms with Gasteiger partial charge in [-0.05, 0) is 58.9 Å². The number of hydrogen-bond donors (Lipinski definition) is 2. The number of aromatic hydroxyl groups is 1. The van der Waals surface area contributed by atoms with Crippen LogP contribution in [0.25, 0.3) is 0 Å². The number of esters is 1. The Morgan fingerprint density at radius 3 is 2.10 bits per heavy atom. The van der Waals surface area contributed by atoms with E-state index in [4.69, 9.17) is 9.47 Å². The van der Waals surface area contributed by atoms with Crippen LogP contribution >= 0.6 is 0 Å². The van der Waals surface area contributed by atoms with E-state index in [1.54, 1.807) is 20.8 Å². The van der Waals surface area contributed by atoms with Crippen molar-refractivity contribution in [3.63, 3.8) is 0 Å². The SMILES string of the molecule is COc1cc(C(/C=C/C(C)(C)O)OC(=O)C(C)(C)C)c(O)c2c1C(=O)C=CC2=O. The molecule has 0 spiro atoms. The van der Waals surface area contributed by atoms with E-state index in [1.807, 2.05) is 0 Å². The molecule has 0 heterocycles. The largest absolute Gasteiger partial charge is 0.507 e. The van der Waals surface area contributed by atoms with Crippen LogP contribution in [0.2, 0.25) is 0 Å². The molecule has 0 aromatic heterocycles. The highest BCUT2D eigenvalue weighted by Gasteiger charge is 2.33. The van der Waals surface area contributed by atoms with Gasteiger partial charge in [0.25, 0.3) is 0 Å². The van der Waals surface area contributed by atoms with Crippen LogP contribution in [0.15, 0.2) is 30.4 Å². The number of rotatable bonds is 5. The van der Waals surface area contributed by atoms with Crippen molar-refractivity contribution in [1.82, 2.24) is 0 Å². The number of allylic oxidation sites excluding steroid dienone is 2. The van der Waals surface area contributed by atoms with Crippen molar-refractivity contribution in [2.45, 2.75) is 46.3 Å². The molecule has 1 unspecified atom stereocenters. The molecule has 29 heavy (non-hydrogen) atoms. The lowest BCUT2D eigenvalue weighted by Gasteiger charge is -2.25. The maximum Gasteiger partial charge on any atom is 0.312 e. The number of aliphatic hydroxyl groups is 1. The molecule has 0 saturated heterocycles. The van der Waals surface area contributed by atoms with Crippen LogP contribution < -0.4 is 4.74 Å². The second kappa shape index (κ2) is 7.83. The predicted molar refractivity (Wildman–Crippen MR) is 106 cm³/mol. The Morgan fingerprint density at radius 1 is 1.07 bits per heavy atom. The highest BCUT2D eigenvalue weighted by Crippen LogP contribution is 2.41. The Labute approximate surface area is 169 Å². The fraction of sp³-hybridized carbons (Fsp3) is 0.409. The summed E-state index contributed by atoms with van der Waals surface area (Å²) in [5.41, 5.74) is -2.23. The molecule has 0 bridgehead atoms. The molecule has 156 valence electrons. The van der Waals surface area contributed by atoms with Gasteiger partial charge in [-0.2, -0.15) is 0 Å². The van der Waals surface area contributed by atoms with Crippen molar-refractivity contribution in [3.05, 3.63) is 47.1 Å². The number of phenolic OH excluding ortho intramolecular Hbond substituents is 1. The molecule has 0 fully saturated rings. The Hall–Kier alpha value is -2.93. The van der Waals surface area contributed by atoms with Gasteiger partial charge in [0.1, 0.15) is 17.6 Å². The summed E-state index contributed by atoms with van der Waals surface area (Å²) in [5, 5.41) is 20.8. The number of methoxy groups -OCH3 is 1. The fourth-order valence-corrected chi connectivity index (χ4v) is 2.67.